The molecule has 0 aliphatic rings. The number of thiophene rings is 1. The monoisotopic (exact) mass is 386 g/mol. The van der Waals surface area contributed by atoms with Crippen molar-refractivity contribution in [1.29, 1.82) is 0 Å². The third kappa shape index (κ3) is 2.71. The molecule has 0 aromatic carbocycles. The fourth-order valence-corrected chi connectivity index (χ4v) is 4.95. The van der Waals surface area contributed by atoms with E-state index in [0.29, 0.717) is 17.0 Å². The van der Waals surface area contributed by atoms with Gasteiger partial charge in [0.1, 0.15) is 10.7 Å². The van der Waals surface area contributed by atoms with Crippen molar-refractivity contribution in [3.8, 4) is 0 Å². The van der Waals surface area contributed by atoms with Crippen LogP contribution in [0.2, 0.25) is 0 Å². The molecule has 0 amide bonds. The zero-order chi connectivity index (χ0) is 18.6. The largest absolute Gasteiger partial charge is 0.309 e. The number of thioether (sulfide) groups is 1. The lowest BCUT2D eigenvalue weighted by Gasteiger charge is -2.10. The molecule has 0 fully saturated rings. The summed E-state index contributed by atoms with van der Waals surface area (Å²) in [7, 11) is 0. The molecule has 134 valence electrons. The van der Waals surface area contributed by atoms with E-state index in [1.165, 1.54) is 11.8 Å². The minimum Gasteiger partial charge on any atom is -0.309 e. The predicted octanol–water partition coefficient (Wildman–Crippen LogP) is 3.51. The highest BCUT2D eigenvalue weighted by molar-refractivity contribution is 7.99. The summed E-state index contributed by atoms with van der Waals surface area (Å²) in [5.74, 6) is 1.22. The van der Waals surface area contributed by atoms with Gasteiger partial charge in [-0.3, -0.25) is 9.20 Å². The Morgan fingerprint density at radius 1 is 1.19 bits per heavy atom. The highest BCUT2D eigenvalue weighted by Crippen LogP contribution is 2.34. The van der Waals surface area contributed by atoms with E-state index in [-0.39, 0.29) is 10.8 Å². The van der Waals surface area contributed by atoms with Crippen molar-refractivity contribution < 1.29 is 0 Å². The van der Waals surface area contributed by atoms with Crippen molar-refractivity contribution in [3.05, 3.63) is 44.1 Å². The standard InChI is InChI=1S/C17H18N6OS2/c1-7-6-8(2)23-16(18-7)21-22-17(23)26-11(5)13-19-14(24)12-9(3)10(4)25-15(12)20-13/h6,11H,1-5H3,(H,19,20,24)/t11-/m0/s1. The second kappa shape index (κ2) is 6.17. The molecule has 4 aromatic heterocycles. The zero-order valence-corrected chi connectivity index (χ0v) is 16.7. The zero-order valence-electron chi connectivity index (χ0n) is 15.1. The first-order valence-corrected chi connectivity index (χ1v) is 9.90. The van der Waals surface area contributed by atoms with Crippen LogP contribution in [0, 0.1) is 27.7 Å². The van der Waals surface area contributed by atoms with Crippen LogP contribution in [-0.2, 0) is 0 Å². The minimum atomic E-state index is -0.0844. The number of aromatic nitrogens is 6. The number of aromatic amines is 1. The molecule has 0 saturated carbocycles. The van der Waals surface area contributed by atoms with E-state index >= 15 is 0 Å². The Hall–Kier alpha value is -2.26. The van der Waals surface area contributed by atoms with Crippen LogP contribution in [0.15, 0.2) is 16.0 Å². The van der Waals surface area contributed by atoms with E-state index in [4.69, 9.17) is 0 Å². The fraction of sp³-hybridized carbons (Fsp3) is 0.353. The van der Waals surface area contributed by atoms with E-state index < -0.39 is 0 Å². The van der Waals surface area contributed by atoms with Crippen LogP contribution in [-0.4, -0.2) is 29.5 Å². The van der Waals surface area contributed by atoms with E-state index in [0.717, 1.165) is 31.8 Å². The maximum absolute atomic E-state index is 12.5. The number of nitrogens with one attached hydrogen (secondary N) is 1. The summed E-state index contributed by atoms with van der Waals surface area (Å²) in [6.45, 7) is 9.91. The molecule has 0 saturated heterocycles. The van der Waals surface area contributed by atoms with Crippen LogP contribution < -0.4 is 5.56 Å². The van der Waals surface area contributed by atoms with Crippen LogP contribution in [0.5, 0.6) is 0 Å². The number of H-pyrrole nitrogens is 1. The molecular weight excluding hydrogens is 368 g/mol. The summed E-state index contributed by atoms with van der Waals surface area (Å²) >= 11 is 3.06. The van der Waals surface area contributed by atoms with Gasteiger partial charge in [-0.2, -0.15) is 0 Å². The molecule has 0 radical (unpaired) electrons. The van der Waals surface area contributed by atoms with Gasteiger partial charge in [0.15, 0.2) is 5.16 Å². The number of fused-ring (bicyclic) bond motifs is 2. The number of hydrogen-bond acceptors (Lipinski definition) is 7. The van der Waals surface area contributed by atoms with Gasteiger partial charge in [-0.25, -0.2) is 9.97 Å². The summed E-state index contributed by atoms with van der Waals surface area (Å²) in [6, 6.07) is 1.99. The van der Waals surface area contributed by atoms with Crippen LogP contribution in [0.1, 0.15) is 39.8 Å². The van der Waals surface area contributed by atoms with Gasteiger partial charge >= 0.3 is 0 Å². The number of rotatable bonds is 3. The molecule has 4 rings (SSSR count). The molecule has 0 bridgehead atoms. The van der Waals surface area contributed by atoms with Crippen LogP contribution in [0.4, 0.5) is 0 Å². The molecule has 26 heavy (non-hydrogen) atoms. The lowest BCUT2D eigenvalue weighted by Crippen LogP contribution is -2.12. The smallest absolute Gasteiger partial charge is 0.259 e. The van der Waals surface area contributed by atoms with Crippen LogP contribution in [0.25, 0.3) is 16.0 Å². The third-order valence-electron chi connectivity index (χ3n) is 4.39. The Bertz CT molecular complexity index is 1210. The molecule has 7 nitrogen and oxygen atoms in total. The number of aryl methyl sites for hydroxylation is 4. The SMILES string of the molecule is Cc1cc(C)n2c(S[C@@H](C)c3nc4sc(C)c(C)c4c(=O)[nH]3)nnc2n1. The quantitative estimate of drug-likeness (QED) is 0.542. The molecule has 1 N–H and O–H groups in total. The number of nitrogens with zero attached hydrogens (tertiary/aromatic N) is 5. The van der Waals surface area contributed by atoms with Crippen molar-refractivity contribution in [2.45, 2.75) is 45.0 Å². The van der Waals surface area contributed by atoms with Crippen molar-refractivity contribution in [2.24, 2.45) is 0 Å². The Balaban J connectivity index is 1.74. The van der Waals surface area contributed by atoms with Gasteiger partial charge in [-0.15, -0.1) is 21.5 Å². The summed E-state index contributed by atoms with van der Waals surface area (Å²) in [6.07, 6.45) is 0. The molecule has 1 atom stereocenters. The minimum absolute atomic E-state index is 0.0806. The number of hydrogen-bond donors (Lipinski definition) is 1. The van der Waals surface area contributed by atoms with Crippen molar-refractivity contribution in [1.82, 2.24) is 29.5 Å². The topological polar surface area (TPSA) is 88.8 Å². The maximum Gasteiger partial charge on any atom is 0.259 e. The van der Waals surface area contributed by atoms with E-state index in [2.05, 4.69) is 25.1 Å². The summed E-state index contributed by atoms with van der Waals surface area (Å²) in [4.78, 5) is 26.4. The fourth-order valence-electron chi connectivity index (χ4n) is 2.95. The first kappa shape index (κ1) is 17.2. The van der Waals surface area contributed by atoms with Crippen LogP contribution >= 0.6 is 23.1 Å². The molecule has 0 aliphatic heterocycles. The summed E-state index contributed by atoms with van der Waals surface area (Å²) < 4.78 is 1.92. The van der Waals surface area contributed by atoms with Crippen molar-refractivity contribution in [3.63, 3.8) is 0 Å². The first-order chi connectivity index (χ1) is 12.3. The van der Waals surface area contributed by atoms with E-state index in [9.17, 15) is 4.79 Å². The molecule has 0 unspecified atom stereocenters. The second-order valence-electron chi connectivity index (χ2n) is 6.33. The Kier molecular flexibility index (Phi) is 4.07. The average Bonchev–Trinajstić information content (AvgIpc) is 3.09. The van der Waals surface area contributed by atoms with Gasteiger partial charge in [-0.1, -0.05) is 11.8 Å². The third-order valence-corrected chi connectivity index (χ3v) is 6.54. The molecular formula is C17H18N6OS2. The van der Waals surface area contributed by atoms with Gasteiger partial charge in [0.25, 0.3) is 11.3 Å². The Morgan fingerprint density at radius 2 is 1.96 bits per heavy atom. The second-order valence-corrected chi connectivity index (χ2v) is 8.84. The highest BCUT2D eigenvalue weighted by Gasteiger charge is 2.19. The van der Waals surface area contributed by atoms with Crippen LogP contribution in [0.3, 0.4) is 0 Å². The summed E-state index contributed by atoms with van der Waals surface area (Å²) in [5, 5.41) is 9.77. The van der Waals surface area contributed by atoms with Gasteiger partial charge in [0.2, 0.25) is 0 Å². The Morgan fingerprint density at radius 3 is 2.73 bits per heavy atom. The van der Waals surface area contributed by atoms with Crippen molar-refractivity contribution >= 4 is 39.1 Å². The highest BCUT2D eigenvalue weighted by atomic mass is 32.2. The molecule has 4 aromatic rings. The predicted molar refractivity (Wildman–Crippen MR) is 104 cm³/mol. The van der Waals surface area contributed by atoms with Gasteiger partial charge in [0.05, 0.1) is 10.6 Å². The normalized spacial score (nSPS) is 13.0. The first-order valence-electron chi connectivity index (χ1n) is 8.21. The van der Waals surface area contributed by atoms with E-state index in [1.54, 1.807) is 11.3 Å². The van der Waals surface area contributed by atoms with Gasteiger partial charge in [0, 0.05) is 16.3 Å². The maximum atomic E-state index is 12.5. The van der Waals surface area contributed by atoms with Crippen molar-refractivity contribution in [2.75, 3.05) is 0 Å². The molecule has 9 heteroatoms. The molecule has 0 spiro atoms. The van der Waals surface area contributed by atoms with Gasteiger partial charge < -0.3 is 4.98 Å². The summed E-state index contributed by atoms with van der Waals surface area (Å²) in [5.41, 5.74) is 2.85. The Labute approximate surface area is 157 Å². The molecule has 0 aliphatic carbocycles. The molecule has 4 heterocycles. The lowest BCUT2D eigenvalue weighted by molar-refractivity contribution is 0.864. The van der Waals surface area contributed by atoms with E-state index in [1.807, 2.05) is 45.1 Å². The average molecular weight is 387 g/mol. The van der Waals surface area contributed by atoms with Gasteiger partial charge in [-0.05, 0) is 46.2 Å². The lowest BCUT2D eigenvalue weighted by atomic mass is 10.2.